The van der Waals surface area contributed by atoms with Crippen molar-refractivity contribution in [2.45, 2.75) is 18.9 Å². The molecule has 0 atom stereocenters. The van der Waals surface area contributed by atoms with Gasteiger partial charge in [0.2, 0.25) is 5.91 Å². The lowest BCUT2D eigenvalue weighted by Crippen LogP contribution is -2.38. The third kappa shape index (κ3) is 8.02. The number of likely N-dealkylation sites (N-methyl/N-ethyl adjacent to an activating group) is 1. The topological polar surface area (TPSA) is 106 Å². The molecule has 278 valence electrons. The quantitative estimate of drug-likeness (QED) is 0.102. The van der Waals surface area contributed by atoms with E-state index in [1.165, 1.54) is 0 Å². The maximum absolute atomic E-state index is 15.1. The smallest absolute Gasteiger partial charge is 0.318 e. The molecule has 2 N–H and O–H groups in total. The standard InChI is InChI=1S/C44H42FN7O3/c1-4-54-36-23-20-31(21-24-36)28-40(53)48-41-37-29-35(47-42-38(45)30-46-43(49-42)55-27-26-51(2)3)22-25-39(37)52(50-41)44(32-14-8-5-9-15-32,33-16-10-6-11-17-33)34-18-12-7-13-19-34/h5-25,29-30H,4,26-28H2,1-3H3,(H,46,47,49)(H,48,50,53). The Labute approximate surface area is 319 Å². The average Bonchev–Trinajstić information content (AvgIpc) is 3.55. The zero-order valence-corrected chi connectivity index (χ0v) is 30.9. The van der Waals surface area contributed by atoms with Gasteiger partial charge in [0.15, 0.2) is 17.5 Å². The molecule has 0 aliphatic rings. The van der Waals surface area contributed by atoms with Crippen LogP contribution in [0.4, 0.5) is 21.7 Å². The first-order chi connectivity index (χ1) is 26.8. The Bertz CT molecular complexity index is 2260. The maximum Gasteiger partial charge on any atom is 0.318 e. The summed E-state index contributed by atoms with van der Waals surface area (Å²) < 4.78 is 28.4. The monoisotopic (exact) mass is 735 g/mol. The number of fused-ring (bicyclic) bond motifs is 1. The van der Waals surface area contributed by atoms with Crippen LogP contribution < -0.4 is 20.1 Å². The molecule has 0 unspecified atom stereocenters. The Hall–Kier alpha value is -6.59. The summed E-state index contributed by atoms with van der Waals surface area (Å²) >= 11 is 0. The Kier molecular flexibility index (Phi) is 11.1. The van der Waals surface area contributed by atoms with Crippen LogP contribution in [0.25, 0.3) is 10.9 Å². The predicted molar refractivity (Wildman–Crippen MR) is 214 cm³/mol. The largest absolute Gasteiger partial charge is 0.494 e. The van der Waals surface area contributed by atoms with Gasteiger partial charge in [0.1, 0.15) is 17.9 Å². The number of amides is 1. The molecular weight excluding hydrogens is 694 g/mol. The first-order valence-electron chi connectivity index (χ1n) is 18.1. The molecule has 0 saturated heterocycles. The second kappa shape index (κ2) is 16.6. The number of rotatable bonds is 15. The number of carbonyl (C=O) groups excluding carboxylic acids is 1. The zero-order chi connectivity index (χ0) is 38.2. The minimum absolute atomic E-state index is 0.0464. The van der Waals surface area contributed by atoms with Crippen molar-refractivity contribution in [1.82, 2.24) is 24.6 Å². The number of hydrogen-bond acceptors (Lipinski definition) is 8. The van der Waals surface area contributed by atoms with Gasteiger partial charge < -0.3 is 25.0 Å². The lowest BCUT2D eigenvalue weighted by Gasteiger charge is -2.37. The summed E-state index contributed by atoms with van der Waals surface area (Å²) in [6.45, 7) is 3.47. The van der Waals surface area contributed by atoms with Gasteiger partial charge in [-0.25, -0.2) is 14.1 Å². The SMILES string of the molecule is CCOc1ccc(CC(=O)Nc2nn(C(c3ccccc3)(c3ccccc3)c3ccccc3)c3ccc(Nc4nc(OCCN(C)C)ncc4F)cc23)cc1. The molecule has 1 amide bonds. The van der Waals surface area contributed by atoms with Gasteiger partial charge >= 0.3 is 6.01 Å². The second-order valence-electron chi connectivity index (χ2n) is 13.2. The number of nitrogens with one attached hydrogen (secondary N) is 2. The Morgan fingerprint density at radius 3 is 2.00 bits per heavy atom. The Morgan fingerprint density at radius 2 is 1.42 bits per heavy atom. The van der Waals surface area contributed by atoms with Crippen LogP contribution in [0.2, 0.25) is 0 Å². The van der Waals surface area contributed by atoms with E-state index in [-0.39, 0.29) is 24.2 Å². The van der Waals surface area contributed by atoms with Crippen LogP contribution in [0, 0.1) is 5.82 Å². The minimum Gasteiger partial charge on any atom is -0.494 e. The fraction of sp³-hybridized carbons (Fsp3) is 0.182. The molecule has 0 aliphatic carbocycles. The normalized spacial score (nSPS) is 11.4. The van der Waals surface area contributed by atoms with Crippen LogP contribution in [0.15, 0.2) is 140 Å². The van der Waals surface area contributed by atoms with Crippen LogP contribution in [0.5, 0.6) is 11.8 Å². The Balaban J connectivity index is 1.36. The van der Waals surface area contributed by atoms with E-state index in [2.05, 4.69) is 57.0 Å². The lowest BCUT2D eigenvalue weighted by atomic mass is 9.77. The molecule has 0 aliphatic heterocycles. The predicted octanol–water partition coefficient (Wildman–Crippen LogP) is 8.07. The highest BCUT2D eigenvalue weighted by Gasteiger charge is 2.41. The fourth-order valence-electron chi connectivity index (χ4n) is 6.65. The van der Waals surface area contributed by atoms with Gasteiger partial charge in [0.05, 0.1) is 24.7 Å². The first kappa shape index (κ1) is 36.8. The molecule has 2 aromatic heterocycles. The number of hydrogen-bond donors (Lipinski definition) is 2. The average molecular weight is 736 g/mol. The summed E-state index contributed by atoms with van der Waals surface area (Å²) in [6, 6.07) is 43.7. The minimum atomic E-state index is -0.966. The highest BCUT2D eigenvalue weighted by Crippen LogP contribution is 2.44. The van der Waals surface area contributed by atoms with E-state index in [0.717, 1.165) is 39.7 Å². The molecule has 0 fully saturated rings. The molecule has 0 bridgehead atoms. The molecule has 5 aromatic carbocycles. The van der Waals surface area contributed by atoms with Gasteiger partial charge in [-0.1, -0.05) is 103 Å². The summed E-state index contributed by atoms with van der Waals surface area (Å²) in [4.78, 5) is 24.1. The summed E-state index contributed by atoms with van der Waals surface area (Å²) in [5.41, 5.74) is 4.02. The van der Waals surface area contributed by atoms with E-state index in [1.807, 2.05) is 128 Å². The summed E-state index contributed by atoms with van der Waals surface area (Å²) in [5, 5.41) is 12.1. The number of halogens is 1. The van der Waals surface area contributed by atoms with Crippen LogP contribution in [-0.2, 0) is 16.8 Å². The number of anilines is 3. The summed E-state index contributed by atoms with van der Waals surface area (Å²) in [5.74, 6) is 0.145. The van der Waals surface area contributed by atoms with Crippen LogP contribution in [-0.4, -0.2) is 64.4 Å². The number of ether oxygens (including phenoxy) is 2. The third-order valence-corrected chi connectivity index (χ3v) is 9.18. The van der Waals surface area contributed by atoms with Crippen molar-refractivity contribution >= 4 is 34.1 Å². The lowest BCUT2D eigenvalue weighted by molar-refractivity contribution is -0.115. The summed E-state index contributed by atoms with van der Waals surface area (Å²) in [7, 11) is 3.86. The van der Waals surface area contributed by atoms with Gasteiger partial charge in [-0.2, -0.15) is 10.1 Å². The van der Waals surface area contributed by atoms with E-state index < -0.39 is 11.4 Å². The molecule has 0 spiro atoms. The van der Waals surface area contributed by atoms with E-state index in [0.29, 0.717) is 36.6 Å². The highest BCUT2D eigenvalue weighted by molar-refractivity contribution is 6.02. The maximum atomic E-state index is 15.1. The molecule has 2 heterocycles. The van der Waals surface area contributed by atoms with Crippen molar-refractivity contribution < 1.29 is 18.7 Å². The third-order valence-electron chi connectivity index (χ3n) is 9.18. The number of nitrogens with zero attached hydrogens (tertiary/aromatic N) is 5. The van der Waals surface area contributed by atoms with E-state index in [1.54, 1.807) is 0 Å². The van der Waals surface area contributed by atoms with Crippen molar-refractivity contribution in [3.63, 3.8) is 0 Å². The molecule has 7 aromatic rings. The zero-order valence-electron chi connectivity index (χ0n) is 30.9. The summed E-state index contributed by atoms with van der Waals surface area (Å²) in [6.07, 6.45) is 1.19. The van der Waals surface area contributed by atoms with Gasteiger partial charge in [-0.15, -0.1) is 0 Å². The molecule has 11 heteroatoms. The number of aromatic nitrogens is 4. The highest BCUT2D eigenvalue weighted by atomic mass is 19.1. The van der Waals surface area contributed by atoms with Gasteiger partial charge in [0.25, 0.3) is 0 Å². The van der Waals surface area contributed by atoms with E-state index in [9.17, 15) is 4.79 Å². The van der Waals surface area contributed by atoms with Gasteiger partial charge in [-0.3, -0.25) is 4.79 Å². The van der Waals surface area contributed by atoms with Gasteiger partial charge in [-0.05, 0) is 73.6 Å². The van der Waals surface area contributed by atoms with Crippen molar-refractivity contribution in [1.29, 1.82) is 0 Å². The second-order valence-corrected chi connectivity index (χ2v) is 13.2. The van der Waals surface area contributed by atoms with Crippen LogP contribution in [0.3, 0.4) is 0 Å². The first-order valence-corrected chi connectivity index (χ1v) is 18.1. The number of benzene rings is 5. The number of carbonyl (C=O) groups is 1. The Morgan fingerprint density at radius 1 is 0.800 bits per heavy atom. The van der Waals surface area contributed by atoms with Crippen molar-refractivity contribution in [3.8, 4) is 11.8 Å². The van der Waals surface area contributed by atoms with Crippen molar-refractivity contribution in [3.05, 3.63) is 168 Å². The van der Waals surface area contributed by atoms with Crippen LogP contribution >= 0.6 is 0 Å². The van der Waals surface area contributed by atoms with E-state index >= 15 is 4.39 Å². The fourth-order valence-corrected chi connectivity index (χ4v) is 6.65. The van der Waals surface area contributed by atoms with Crippen LogP contribution in [0.1, 0.15) is 29.2 Å². The molecule has 10 nitrogen and oxygen atoms in total. The molecule has 7 rings (SSSR count). The molecule has 0 saturated carbocycles. The molecule has 55 heavy (non-hydrogen) atoms. The van der Waals surface area contributed by atoms with Crippen molar-refractivity contribution in [2.24, 2.45) is 0 Å². The van der Waals surface area contributed by atoms with Gasteiger partial charge in [0, 0.05) is 17.6 Å². The van der Waals surface area contributed by atoms with E-state index in [4.69, 9.17) is 14.6 Å². The molecule has 0 radical (unpaired) electrons. The molecular formula is C44H42FN7O3. The van der Waals surface area contributed by atoms with Crippen molar-refractivity contribution in [2.75, 3.05) is 44.5 Å².